The molecule has 0 aliphatic heterocycles. The van der Waals surface area contributed by atoms with Crippen molar-refractivity contribution in [3.05, 3.63) is 29.5 Å². The maximum atomic E-state index is 6.00. The lowest BCUT2D eigenvalue weighted by Gasteiger charge is -2.17. The van der Waals surface area contributed by atoms with Crippen LogP contribution in [0.3, 0.4) is 0 Å². The zero-order valence-electron chi connectivity index (χ0n) is 15.2. The molecule has 0 aliphatic carbocycles. The maximum Gasteiger partial charge on any atom is 0.233 e. The van der Waals surface area contributed by atoms with E-state index in [-0.39, 0.29) is 11.9 Å². The third-order valence-corrected chi connectivity index (χ3v) is 4.34. The van der Waals surface area contributed by atoms with E-state index in [9.17, 15) is 0 Å². The molecule has 0 saturated carbocycles. The first kappa shape index (κ1) is 17.7. The van der Waals surface area contributed by atoms with Gasteiger partial charge in [-0.2, -0.15) is 9.97 Å². The Hall–Kier alpha value is -3.16. The minimum atomic E-state index is 0.0913. The van der Waals surface area contributed by atoms with E-state index in [2.05, 4.69) is 16.9 Å². The maximum absolute atomic E-state index is 6.00. The molecule has 1 aromatic carbocycles. The van der Waals surface area contributed by atoms with E-state index < -0.39 is 0 Å². The largest absolute Gasteiger partial charge is 0.493 e. The summed E-state index contributed by atoms with van der Waals surface area (Å²) in [5.74, 6) is 2.32. The summed E-state index contributed by atoms with van der Waals surface area (Å²) in [4.78, 5) is 8.10. The Balaban J connectivity index is 1.97. The standard InChI is InChI=1S/C18H22N4O4/c1-9(10-6-12(23-2)15(25-4)13(7-10)24-3)5-11-8-26-17-14(11)16(19)21-18(20)22-17/h6-9H,5H2,1-4H3,(H4,19,20,21,22). The first-order valence-electron chi connectivity index (χ1n) is 8.07. The molecule has 8 nitrogen and oxygen atoms in total. The molecular formula is C18H22N4O4. The summed E-state index contributed by atoms with van der Waals surface area (Å²) in [5, 5.41) is 0.693. The Kier molecular flexibility index (Phi) is 4.75. The van der Waals surface area contributed by atoms with Crippen molar-refractivity contribution in [2.75, 3.05) is 32.8 Å². The van der Waals surface area contributed by atoms with Crippen LogP contribution in [0.5, 0.6) is 17.2 Å². The van der Waals surface area contributed by atoms with Crippen molar-refractivity contribution in [3.8, 4) is 17.2 Å². The van der Waals surface area contributed by atoms with Gasteiger partial charge in [0.25, 0.3) is 0 Å². The highest BCUT2D eigenvalue weighted by molar-refractivity contribution is 5.88. The third kappa shape index (κ3) is 3.05. The van der Waals surface area contributed by atoms with Gasteiger partial charge in [0, 0.05) is 5.56 Å². The van der Waals surface area contributed by atoms with Crippen molar-refractivity contribution in [1.82, 2.24) is 9.97 Å². The number of ether oxygens (including phenoxy) is 3. The number of nitrogens with zero attached hydrogens (tertiary/aromatic N) is 2. The molecule has 1 atom stereocenters. The fourth-order valence-corrected chi connectivity index (χ4v) is 3.03. The van der Waals surface area contributed by atoms with Crippen LogP contribution in [0.15, 0.2) is 22.8 Å². The average molecular weight is 358 g/mol. The van der Waals surface area contributed by atoms with Crippen LogP contribution in [0.4, 0.5) is 11.8 Å². The monoisotopic (exact) mass is 358 g/mol. The highest BCUT2D eigenvalue weighted by atomic mass is 16.5. The van der Waals surface area contributed by atoms with Gasteiger partial charge in [0.05, 0.1) is 33.0 Å². The van der Waals surface area contributed by atoms with E-state index in [1.807, 2.05) is 12.1 Å². The van der Waals surface area contributed by atoms with Gasteiger partial charge in [-0.15, -0.1) is 0 Å². The van der Waals surface area contributed by atoms with Crippen LogP contribution >= 0.6 is 0 Å². The second-order valence-corrected chi connectivity index (χ2v) is 5.97. The van der Waals surface area contributed by atoms with Gasteiger partial charge < -0.3 is 30.1 Å². The van der Waals surface area contributed by atoms with Crippen molar-refractivity contribution < 1.29 is 18.6 Å². The second-order valence-electron chi connectivity index (χ2n) is 5.97. The van der Waals surface area contributed by atoms with Gasteiger partial charge in [-0.3, -0.25) is 0 Å². The summed E-state index contributed by atoms with van der Waals surface area (Å²) in [6.45, 7) is 2.09. The number of methoxy groups -OCH3 is 3. The zero-order valence-corrected chi connectivity index (χ0v) is 15.2. The zero-order chi connectivity index (χ0) is 18.8. The van der Waals surface area contributed by atoms with Gasteiger partial charge in [0.15, 0.2) is 11.5 Å². The second kappa shape index (κ2) is 6.99. The van der Waals surface area contributed by atoms with E-state index in [0.717, 1.165) is 11.1 Å². The lowest BCUT2D eigenvalue weighted by atomic mass is 9.93. The molecule has 26 heavy (non-hydrogen) atoms. The molecule has 0 saturated heterocycles. The number of benzene rings is 1. The molecule has 2 aromatic heterocycles. The number of fused-ring (bicyclic) bond motifs is 1. The molecule has 8 heteroatoms. The van der Waals surface area contributed by atoms with Gasteiger partial charge in [0.2, 0.25) is 17.4 Å². The summed E-state index contributed by atoms with van der Waals surface area (Å²) in [6.07, 6.45) is 2.31. The molecule has 3 rings (SSSR count). The molecule has 0 amide bonds. The lowest BCUT2D eigenvalue weighted by Crippen LogP contribution is -2.03. The lowest BCUT2D eigenvalue weighted by molar-refractivity contribution is 0.323. The minimum absolute atomic E-state index is 0.0913. The number of furan rings is 1. The summed E-state index contributed by atoms with van der Waals surface area (Å²) in [6, 6.07) is 3.87. The van der Waals surface area contributed by atoms with E-state index in [4.69, 9.17) is 30.1 Å². The van der Waals surface area contributed by atoms with Gasteiger partial charge >= 0.3 is 0 Å². The van der Waals surface area contributed by atoms with Crippen LogP contribution in [-0.4, -0.2) is 31.3 Å². The summed E-state index contributed by atoms with van der Waals surface area (Å²) in [5.41, 5.74) is 14.0. The van der Waals surface area contributed by atoms with E-state index >= 15 is 0 Å². The Morgan fingerprint density at radius 2 is 1.69 bits per heavy atom. The van der Waals surface area contributed by atoms with Crippen LogP contribution in [0, 0.1) is 0 Å². The number of hydrogen-bond donors (Lipinski definition) is 2. The first-order valence-corrected chi connectivity index (χ1v) is 8.07. The van der Waals surface area contributed by atoms with E-state index in [1.54, 1.807) is 27.6 Å². The molecule has 3 aromatic rings. The summed E-state index contributed by atoms with van der Waals surface area (Å²) in [7, 11) is 4.77. The number of nitrogens with two attached hydrogens (primary N) is 2. The first-order chi connectivity index (χ1) is 12.5. The van der Waals surface area contributed by atoms with Crippen LogP contribution in [0.25, 0.3) is 11.1 Å². The highest BCUT2D eigenvalue weighted by Gasteiger charge is 2.19. The highest BCUT2D eigenvalue weighted by Crippen LogP contribution is 2.41. The summed E-state index contributed by atoms with van der Waals surface area (Å²) < 4.78 is 21.7. The van der Waals surface area contributed by atoms with Crippen molar-refractivity contribution >= 4 is 22.9 Å². The Morgan fingerprint density at radius 1 is 1.04 bits per heavy atom. The number of anilines is 2. The Bertz CT molecular complexity index is 913. The molecule has 138 valence electrons. The molecule has 4 N–H and O–H groups in total. The third-order valence-electron chi connectivity index (χ3n) is 4.34. The molecule has 0 aliphatic rings. The molecule has 0 fully saturated rings. The Labute approximate surface area is 151 Å². The van der Waals surface area contributed by atoms with Crippen LogP contribution < -0.4 is 25.7 Å². The quantitative estimate of drug-likeness (QED) is 0.690. The minimum Gasteiger partial charge on any atom is -0.493 e. The molecule has 2 heterocycles. The average Bonchev–Trinajstić information content (AvgIpc) is 3.02. The summed E-state index contributed by atoms with van der Waals surface area (Å²) >= 11 is 0. The van der Waals surface area contributed by atoms with Gasteiger partial charge in [0.1, 0.15) is 5.82 Å². The SMILES string of the molecule is COc1cc(C(C)Cc2coc3nc(N)nc(N)c23)cc(OC)c1OC. The topological polar surface area (TPSA) is 119 Å². The number of nitrogen functional groups attached to an aromatic ring is 2. The van der Waals surface area contributed by atoms with Crippen molar-refractivity contribution in [1.29, 1.82) is 0 Å². The fourth-order valence-electron chi connectivity index (χ4n) is 3.03. The molecule has 0 bridgehead atoms. The normalized spacial score (nSPS) is 12.2. The van der Waals surface area contributed by atoms with Gasteiger partial charge in [-0.1, -0.05) is 6.92 Å². The van der Waals surface area contributed by atoms with Crippen molar-refractivity contribution in [2.24, 2.45) is 0 Å². The molecule has 1 unspecified atom stereocenters. The van der Waals surface area contributed by atoms with Crippen LogP contribution in [-0.2, 0) is 6.42 Å². The van der Waals surface area contributed by atoms with Gasteiger partial charge in [-0.05, 0) is 30.0 Å². The number of hydrogen-bond acceptors (Lipinski definition) is 8. The number of rotatable bonds is 6. The van der Waals surface area contributed by atoms with E-state index in [1.165, 1.54) is 0 Å². The van der Waals surface area contributed by atoms with Crippen LogP contribution in [0.2, 0.25) is 0 Å². The predicted octanol–water partition coefficient (Wildman–Crippen LogP) is 2.76. The molecule has 0 radical (unpaired) electrons. The smallest absolute Gasteiger partial charge is 0.233 e. The van der Waals surface area contributed by atoms with E-state index in [0.29, 0.717) is 40.6 Å². The molecular weight excluding hydrogens is 336 g/mol. The Morgan fingerprint density at radius 3 is 2.27 bits per heavy atom. The molecule has 0 spiro atoms. The van der Waals surface area contributed by atoms with Crippen molar-refractivity contribution in [3.63, 3.8) is 0 Å². The number of aromatic nitrogens is 2. The van der Waals surface area contributed by atoms with Crippen LogP contribution in [0.1, 0.15) is 24.0 Å². The van der Waals surface area contributed by atoms with Crippen molar-refractivity contribution in [2.45, 2.75) is 19.3 Å². The predicted molar refractivity (Wildman–Crippen MR) is 98.8 cm³/mol. The fraction of sp³-hybridized carbons (Fsp3) is 0.333. The van der Waals surface area contributed by atoms with Gasteiger partial charge in [-0.25, -0.2) is 0 Å².